The molecule has 5 atom stereocenters. The smallest absolute Gasteiger partial charge is 0.336 e. The first-order chi connectivity index (χ1) is 12.2. The molecule has 1 aliphatic carbocycles. The lowest BCUT2D eigenvalue weighted by atomic mass is 9.68. The summed E-state index contributed by atoms with van der Waals surface area (Å²) in [4.78, 5) is 37.3. The third-order valence-electron chi connectivity index (χ3n) is 5.44. The Hall–Kier alpha value is -2.21. The van der Waals surface area contributed by atoms with Gasteiger partial charge in [0, 0.05) is 23.3 Å². The van der Waals surface area contributed by atoms with Crippen LogP contribution in [0.25, 0.3) is 0 Å². The molecule has 1 heterocycles. The van der Waals surface area contributed by atoms with Gasteiger partial charge in [0.15, 0.2) is 0 Å². The molecule has 2 aliphatic rings. The molecule has 0 radical (unpaired) electrons. The first-order valence-electron chi connectivity index (χ1n) is 8.73. The van der Waals surface area contributed by atoms with Crippen LogP contribution < -0.4 is 0 Å². The van der Waals surface area contributed by atoms with E-state index in [1.165, 1.54) is 6.08 Å². The Morgan fingerprint density at radius 3 is 2.65 bits per heavy atom. The van der Waals surface area contributed by atoms with Crippen LogP contribution in [0.4, 0.5) is 0 Å². The van der Waals surface area contributed by atoms with Gasteiger partial charge in [-0.05, 0) is 20.3 Å². The van der Waals surface area contributed by atoms with Crippen molar-refractivity contribution in [2.24, 2.45) is 17.3 Å². The van der Waals surface area contributed by atoms with E-state index in [4.69, 9.17) is 9.47 Å². The predicted octanol–water partition coefficient (Wildman–Crippen LogP) is 2.13. The van der Waals surface area contributed by atoms with Gasteiger partial charge in [0.2, 0.25) is 0 Å². The topological polar surface area (TPSA) is 89.9 Å². The molecule has 6 nitrogen and oxygen atoms in total. The summed E-state index contributed by atoms with van der Waals surface area (Å²) in [5, 5.41) is 9.30. The molecule has 0 unspecified atom stereocenters. The van der Waals surface area contributed by atoms with E-state index in [1.807, 2.05) is 0 Å². The van der Waals surface area contributed by atoms with Crippen molar-refractivity contribution in [1.82, 2.24) is 0 Å². The summed E-state index contributed by atoms with van der Waals surface area (Å²) >= 11 is 0. The third kappa shape index (κ3) is 3.51. The SMILES string of the molecule is C=C[C@]1(C)C[C@@H](OC(=O)/C(=C/C)CO)[C@H]2C(=C)C(=O)O[C@@H]2C[C@@H](C)C1=O. The van der Waals surface area contributed by atoms with Crippen molar-refractivity contribution in [2.75, 3.05) is 6.61 Å². The van der Waals surface area contributed by atoms with Crippen LogP contribution in [-0.2, 0) is 23.9 Å². The molecule has 1 saturated carbocycles. The van der Waals surface area contributed by atoms with Gasteiger partial charge in [-0.2, -0.15) is 0 Å². The number of carbonyl (C=O) groups excluding carboxylic acids is 3. The van der Waals surface area contributed by atoms with Crippen molar-refractivity contribution in [2.45, 2.75) is 45.8 Å². The molecular formula is C20H26O6. The monoisotopic (exact) mass is 362 g/mol. The molecule has 2 rings (SSSR count). The summed E-state index contributed by atoms with van der Waals surface area (Å²) in [5.74, 6) is -2.11. The van der Waals surface area contributed by atoms with Gasteiger partial charge in [-0.3, -0.25) is 4.79 Å². The number of ketones is 1. The van der Waals surface area contributed by atoms with Crippen LogP contribution in [0.15, 0.2) is 36.5 Å². The van der Waals surface area contributed by atoms with Gasteiger partial charge in [-0.25, -0.2) is 9.59 Å². The Morgan fingerprint density at radius 1 is 1.46 bits per heavy atom. The quantitative estimate of drug-likeness (QED) is 0.468. The van der Waals surface area contributed by atoms with Gasteiger partial charge in [-0.1, -0.05) is 25.7 Å². The maximum Gasteiger partial charge on any atom is 0.336 e. The molecule has 1 saturated heterocycles. The minimum atomic E-state index is -0.906. The number of hydrogen-bond acceptors (Lipinski definition) is 6. The van der Waals surface area contributed by atoms with E-state index in [9.17, 15) is 19.5 Å². The Bertz CT molecular complexity index is 676. The van der Waals surface area contributed by atoms with Crippen molar-refractivity contribution >= 4 is 17.7 Å². The Kier molecular flexibility index (Phi) is 5.86. The first kappa shape index (κ1) is 20.1. The lowest BCUT2D eigenvalue weighted by Gasteiger charge is -2.38. The van der Waals surface area contributed by atoms with Crippen LogP contribution >= 0.6 is 0 Å². The van der Waals surface area contributed by atoms with E-state index in [0.717, 1.165) is 0 Å². The predicted molar refractivity (Wildman–Crippen MR) is 94.9 cm³/mol. The van der Waals surface area contributed by atoms with Gasteiger partial charge in [-0.15, -0.1) is 6.58 Å². The fourth-order valence-electron chi connectivity index (χ4n) is 3.76. The van der Waals surface area contributed by atoms with Crippen LogP contribution in [-0.4, -0.2) is 41.6 Å². The van der Waals surface area contributed by atoms with Crippen LogP contribution in [0.1, 0.15) is 33.6 Å². The van der Waals surface area contributed by atoms with E-state index < -0.39 is 42.1 Å². The van der Waals surface area contributed by atoms with Crippen molar-refractivity contribution in [1.29, 1.82) is 0 Å². The normalized spacial score (nSPS) is 35.2. The van der Waals surface area contributed by atoms with E-state index >= 15 is 0 Å². The van der Waals surface area contributed by atoms with Crippen LogP contribution in [0.5, 0.6) is 0 Å². The minimum Gasteiger partial charge on any atom is -0.458 e. The Balaban J connectivity index is 2.43. The number of esters is 2. The van der Waals surface area contributed by atoms with Crippen molar-refractivity contribution < 1.29 is 29.0 Å². The van der Waals surface area contributed by atoms with Gasteiger partial charge in [0.25, 0.3) is 0 Å². The maximum absolute atomic E-state index is 12.9. The van der Waals surface area contributed by atoms with Crippen molar-refractivity contribution in [3.8, 4) is 0 Å². The number of aliphatic hydroxyl groups excluding tert-OH is 1. The van der Waals surface area contributed by atoms with Gasteiger partial charge < -0.3 is 14.6 Å². The number of Topliss-reactive ketones (excluding diaryl/α,β-unsaturated/α-hetero) is 1. The Labute approximate surface area is 153 Å². The molecular weight excluding hydrogens is 336 g/mol. The number of aliphatic hydroxyl groups is 1. The lowest BCUT2D eigenvalue weighted by Crippen LogP contribution is -2.45. The zero-order valence-electron chi connectivity index (χ0n) is 15.5. The summed E-state index contributed by atoms with van der Waals surface area (Å²) in [6.07, 6.45) is 2.19. The average Bonchev–Trinajstić information content (AvgIpc) is 2.87. The fourth-order valence-corrected chi connectivity index (χ4v) is 3.76. The highest BCUT2D eigenvalue weighted by Crippen LogP contribution is 2.44. The van der Waals surface area contributed by atoms with E-state index in [-0.39, 0.29) is 29.3 Å². The molecule has 1 aliphatic heterocycles. The highest BCUT2D eigenvalue weighted by molar-refractivity contribution is 5.93. The second kappa shape index (κ2) is 7.58. The maximum atomic E-state index is 12.9. The number of allylic oxidation sites excluding steroid dienone is 2. The number of ether oxygens (including phenoxy) is 2. The zero-order chi connectivity index (χ0) is 19.6. The highest BCUT2D eigenvalue weighted by atomic mass is 16.6. The van der Waals surface area contributed by atoms with E-state index in [2.05, 4.69) is 13.2 Å². The number of fused-ring (bicyclic) bond motifs is 1. The lowest BCUT2D eigenvalue weighted by molar-refractivity contribution is -0.155. The summed E-state index contributed by atoms with van der Waals surface area (Å²) in [5.41, 5.74) is -0.553. The average molecular weight is 362 g/mol. The summed E-state index contributed by atoms with van der Waals surface area (Å²) in [6, 6.07) is 0. The number of rotatable bonds is 4. The number of hydrogen-bond donors (Lipinski definition) is 1. The second-order valence-corrected chi connectivity index (χ2v) is 7.24. The number of carbonyl (C=O) groups is 3. The molecule has 26 heavy (non-hydrogen) atoms. The molecule has 142 valence electrons. The highest BCUT2D eigenvalue weighted by Gasteiger charge is 2.51. The Morgan fingerprint density at radius 2 is 2.12 bits per heavy atom. The largest absolute Gasteiger partial charge is 0.458 e. The third-order valence-corrected chi connectivity index (χ3v) is 5.44. The molecule has 1 N–H and O–H groups in total. The van der Waals surface area contributed by atoms with Crippen molar-refractivity contribution in [3.63, 3.8) is 0 Å². The fraction of sp³-hybridized carbons (Fsp3) is 0.550. The van der Waals surface area contributed by atoms with E-state index in [1.54, 1.807) is 26.8 Å². The minimum absolute atomic E-state index is 0.0334. The molecule has 0 aromatic carbocycles. The van der Waals surface area contributed by atoms with Gasteiger partial charge >= 0.3 is 11.9 Å². The molecule has 6 heteroatoms. The van der Waals surface area contributed by atoms with E-state index in [0.29, 0.717) is 6.42 Å². The van der Waals surface area contributed by atoms with Gasteiger partial charge in [0.1, 0.15) is 18.0 Å². The zero-order valence-corrected chi connectivity index (χ0v) is 15.5. The molecule has 0 amide bonds. The summed E-state index contributed by atoms with van der Waals surface area (Å²) in [7, 11) is 0. The molecule has 2 fully saturated rings. The standard InChI is InChI=1S/C20H26O6/c1-6-13(10-21)19(24)26-15-9-20(5,7-2)17(22)11(3)8-14-16(15)12(4)18(23)25-14/h6-7,11,14-16,21H,2,4,8-10H2,1,3,5H3/b13-6+/t11-,14-,15-,16+,20-/m1/s1. The summed E-state index contributed by atoms with van der Waals surface area (Å²) < 4.78 is 11.0. The van der Waals surface area contributed by atoms with Crippen LogP contribution in [0.3, 0.4) is 0 Å². The molecule has 0 aromatic heterocycles. The summed E-state index contributed by atoms with van der Waals surface area (Å²) in [6.45, 7) is 12.3. The first-order valence-corrected chi connectivity index (χ1v) is 8.73. The van der Waals surface area contributed by atoms with Crippen molar-refractivity contribution in [3.05, 3.63) is 36.5 Å². The molecule has 0 spiro atoms. The molecule has 0 bridgehead atoms. The van der Waals surface area contributed by atoms with Crippen LogP contribution in [0.2, 0.25) is 0 Å². The molecule has 0 aromatic rings. The second-order valence-electron chi connectivity index (χ2n) is 7.24. The van der Waals surface area contributed by atoms with Crippen LogP contribution in [0, 0.1) is 17.3 Å². The van der Waals surface area contributed by atoms with Gasteiger partial charge in [0.05, 0.1) is 18.1 Å².